The number of likely N-dealkylation sites (N-methyl/N-ethyl adjacent to an activating group) is 1. The van der Waals surface area contributed by atoms with E-state index >= 15 is 0 Å². The smallest absolute Gasteiger partial charge is 0.276 e. The zero-order chi connectivity index (χ0) is 19.1. The Kier molecular flexibility index (Phi) is 4.37. The molecule has 0 atom stereocenters. The molecular weight excluding hydrogens is 356 g/mol. The summed E-state index contributed by atoms with van der Waals surface area (Å²) in [5.74, 6) is -0.736. The fraction of sp³-hybridized carbons (Fsp3) is 0.167. The zero-order valence-corrected chi connectivity index (χ0v) is 15.3. The lowest BCUT2D eigenvalue weighted by atomic mass is 10.1. The topological polar surface area (TPSA) is 95.9 Å². The van der Waals surface area contributed by atoms with Crippen molar-refractivity contribution in [2.75, 3.05) is 19.5 Å². The number of amides is 1. The number of sulfonamides is 1. The van der Waals surface area contributed by atoms with E-state index in [0.29, 0.717) is 11.4 Å². The van der Waals surface area contributed by atoms with Crippen molar-refractivity contribution in [2.45, 2.75) is 11.8 Å². The van der Waals surface area contributed by atoms with Gasteiger partial charge in [0.15, 0.2) is 11.5 Å². The first-order chi connectivity index (χ1) is 12.3. The van der Waals surface area contributed by atoms with Gasteiger partial charge in [-0.25, -0.2) is 8.42 Å². The van der Waals surface area contributed by atoms with E-state index in [0.717, 1.165) is 9.87 Å². The van der Waals surface area contributed by atoms with Gasteiger partial charge in [-0.3, -0.25) is 9.10 Å². The molecule has 1 amide bonds. The van der Waals surface area contributed by atoms with Crippen LogP contribution in [0.5, 0.6) is 5.75 Å². The summed E-state index contributed by atoms with van der Waals surface area (Å²) in [5, 5.41) is 13.1. The fourth-order valence-electron chi connectivity index (χ4n) is 2.78. The van der Waals surface area contributed by atoms with E-state index in [4.69, 9.17) is 4.74 Å². The van der Waals surface area contributed by atoms with Crippen LogP contribution in [0.15, 0.2) is 53.1 Å². The number of carbonyl (C=O) groups excluding carboxylic acids is 1. The monoisotopic (exact) mass is 374 g/mol. The molecule has 0 radical (unpaired) electrons. The summed E-state index contributed by atoms with van der Waals surface area (Å²) >= 11 is 0. The number of hydrogen-bond acceptors (Lipinski definition) is 5. The first kappa shape index (κ1) is 17.8. The van der Waals surface area contributed by atoms with Crippen LogP contribution in [0, 0.1) is 6.92 Å². The minimum Gasteiger partial charge on any atom is -0.505 e. The van der Waals surface area contributed by atoms with Gasteiger partial charge in [-0.1, -0.05) is 18.2 Å². The van der Waals surface area contributed by atoms with Crippen LogP contribution in [0.4, 0.5) is 5.69 Å². The van der Waals surface area contributed by atoms with E-state index < -0.39 is 21.7 Å². The summed E-state index contributed by atoms with van der Waals surface area (Å²) in [6.07, 6.45) is 0. The lowest BCUT2D eigenvalue weighted by Gasteiger charge is -2.28. The van der Waals surface area contributed by atoms with Gasteiger partial charge in [0.2, 0.25) is 0 Å². The van der Waals surface area contributed by atoms with E-state index in [-0.39, 0.29) is 16.2 Å². The molecule has 136 valence electrons. The Morgan fingerprint density at radius 1 is 1.19 bits per heavy atom. The molecule has 0 aromatic heterocycles. The molecule has 0 bridgehead atoms. The third-order valence-electron chi connectivity index (χ3n) is 4.14. The van der Waals surface area contributed by atoms with Crippen molar-refractivity contribution in [2.24, 2.45) is 0 Å². The Balaban J connectivity index is 2.09. The first-order valence-electron chi connectivity index (χ1n) is 7.75. The minimum atomic E-state index is -3.94. The highest BCUT2D eigenvalue weighted by molar-refractivity contribution is 7.89. The summed E-state index contributed by atoms with van der Waals surface area (Å²) in [7, 11) is -1.25. The third kappa shape index (κ3) is 2.78. The molecule has 0 spiro atoms. The molecule has 0 saturated heterocycles. The number of carbonyl (C=O) groups is 1. The maximum absolute atomic E-state index is 12.8. The number of rotatable bonds is 3. The van der Waals surface area contributed by atoms with Gasteiger partial charge < -0.3 is 15.2 Å². The maximum atomic E-state index is 12.8. The lowest BCUT2D eigenvalue weighted by molar-refractivity contribution is -0.113. The molecule has 0 unspecified atom stereocenters. The van der Waals surface area contributed by atoms with Crippen molar-refractivity contribution in [3.63, 3.8) is 0 Å². The zero-order valence-electron chi connectivity index (χ0n) is 14.5. The predicted octanol–water partition coefficient (Wildman–Crippen LogP) is 2.50. The van der Waals surface area contributed by atoms with Crippen molar-refractivity contribution >= 4 is 27.4 Å². The second kappa shape index (κ2) is 6.38. The average Bonchev–Trinajstić information content (AvgIpc) is 2.61. The molecule has 3 rings (SSSR count). The van der Waals surface area contributed by atoms with E-state index in [9.17, 15) is 18.3 Å². The van der Waals surface area contributed by atoms with Gasteiger partial charge in [0.1, 0.15) is 5.75 Å². The highest BCUT2D eigenvalue weighted by Gasteiger charge is 2.37. The molecule has 2 aromatic carbocycles. The number of ether oxygens (including phenoxy) is 1. The van der Waals surface area contributed by atoms with Crippen LogP contribution in [0.25, 0.3) is 5.76 Å². The number of hydrogen-bond donors (Lipinski definition) is 2. The Bertz CT molecular complexity index is 1030. The van der Waals surface area contributed by atoms with E-state index in [1.807, 2.05) is 13.0 Å². The van der Waals surface area contributed by atoms with Gasteiger partial charge in [0.05, 0.1) is 17.7 Å². The number of aliphatic hydroxyl groups is 1. The minimum absolute atomic E-state index is 0.0512. The molecule has 1 aliphatic rings. The Labute approximate surface area is 151 Å². The molecule has 0 saturated carbocycles. The van der Waals surface area contributed by atoms with Gasteiger partial charge in [0, 0.05) is 12.6 Å². The van der Waals surface area contributed by atoms with Crippen molar-refractivity contribution < 1.29 is 23.1 Å². The third-order valence-corrected chi connectivity index (χ3v) is 5.95. The number of aliphatic hydroxyl groups excluding tert-OH is 1. The van der Waals surface area contributed by atoms with Crippen LogP contribution >= 0.6 is 0 Å². The van der Waals surface area contributed by atoms with Gasteiger partial charge in [-0.15, -0.1) is 0 Å². The highest BCUT2D eigenvalue weighted by atomic mass is 32.2. The second-order valence-electron chi connectivity index (χ2n) is 5.82. The van der Waals surface area contributed by atoms with Crippen LogP contribution < -0.4 is 10.1 Å². The van der Waals surface area contributed by atoms with Crippen molar-refractivity contribution in [1.29, 1.82) is 0 Å². The van der Waals surface area contributed by atoms with Crippen LogP contribution in [-0.2, 0) is 14.8 Å². The SMILES string of the molecule is COc1ccc(C)cc1NC(=O)C1=C(O)c2ccccc2S(=O)(=O)N1C. The predicted molar refractivity (Wildman–Crippen MR) is 97.3 cm³/mol. The number of nitrogens with zero attached hydrogens (tertiary/aromatic N) is 1. The Morgan fingerprint density at radius 2 is 1.88 bits per heavy atom. The molecule has 0 aliphatic carbocycles. The van der Waals surface area contributed by atoms with Crippen LogP contribution in [-0.4, -0.2) is 37.9 Å². The van der Waals surface area contributed by atoms with E-state index in [1.165, 1.54) is 26.3 Å². The van der Waals surface area contributed by atoms with Gasteiger partial charge in [-0.2, -0.15) is 0 Å². The molecule has 8 heteroatoms. The summed E-state index contributed by atoms with van der Waals surface area (Å²) < 4.78 is 31.3. The normalized spacial score (nSPS) is 15.4. The Hall–Kier alpha value is -3.00. The van der Waals surface area contributed by atoms with E-state index in [2.05, 4.69) is 5.32 Å². The molecule has 1 heterocycles. The quantitative estimate of drug-likeness (QED) is 0.861. The molecular formula is C18H18N2O5S. The maximum Gasteiger partial charge on any atom is 0.276 e. The fourth-order valence-corrected chi connectivity index (χ4v) is 4.18. The van der Waals surface area contributed by atoms with Gasteiger partial charge in [0.25, 0.3) is 15.9 Å². The molecule has 0 fully saturated rings. The summed E-state index contributed by atoms with van der Waals surface area (Å²) in [5.41, 5.74) is 0.996. The molecule has 1 aliphatic heterocycles. The number of aryl methyl sites for hydroxylation is 1. The number of benzene rings is 2. The largest absolute Gasteiger partial charge is 0.505 e. The van der Waals surface area contributed by atoms with Crippen molar-refractivity contribution in [3.8, 4) is 5.75 Å². The number of methoxy groups -OCH3 is 1. The van der Waals surface area contributed by atoms with Crippen molar-refractivity contribution in [1.82, 2.24) is 4.31 Å². The Morgan fingerprint density at radius 3 is 2.58 bits per heavy atom. The number of fused-ring (bicyclic) bond motifs is 1. The number of nitrogens with one attached hydrogen (secondary N) is 1. The van der Waals surface area contributed by atoms with Crippen molar-refractivity contribution in [3.05, 3.63) is 59.3 Å². The molecule has 26 heavy (non-hydrogen) atoms. The highest BCUT2D eigenvalue weighted by Crippen LogP contribution is 2.35. The van der Waals surface area contributed by atoms with Crippen LogP contribution in [0.1, 0.15) is 11.1 Å². The molecule has 2 aromatic rings. The number of anilines is 1. The summed E-state index contributed by atoms with van der Waals surface area (Å²) in [4.78, 5) is 12.7. The van der Waals surface area contributed by atoms with E-state index in [1.54, 1.807) is 24.3 Å². The second-order valence-corrected chi connectivity index (χ2v) is 7.76. The van der Waals surface area contributed by atoms with Crippen LogP contribution in [0.3, 0.4) is 0 Å². The molecule has 7 nitrogen and oxygen atoms in total. The summed E-state index contributed by atoms with van der Waals surface area (Å²) in [6.45, 7) is 1.85. The first-order valence-corrected chi connectivity index (χ1v) is 9.19. The van der Waals surface area contributed by atoms with Gasteiger partial charge >= 0.3 is 0 Å². The molecule has 2 N–H and O–H groups in total. The van der Waals surface area contributed by atoms with Crippen LogP contribution in [0.2, 0.25) is 0 Å². The standard InChI is InChI=1S/C18H18N2O5S/c1-11-8-9-14(25-3)13(10-11)19-18(22)16-17(21)12-6-4-5-7-15(12)26(23,24)20(16)2/h4-10,21H,1-3H3,(H,19,22). The summed E-state index contributed by atoms with van der Waals surface area (Å²) in [6, 6.07) is 11.2. The lowest BCUT2D eigenvalue weighted by Crippen LogP contribution is -2.37. The average molecular weight is 374 g/mol. The van der Waals surface area contributed by atoms with Gasteiger partial charge in [-0.05, 0) is 36.8 Å².